The third kappa shape index (κ3) is 2.08. The number of pyridine rings is 1. The van der Waals surface area contributed by atoms with E-state index in [-0.39, 0.29) is 0 Å². The summed E-state index contributed by atoms with van der Waals surface area (Å²) in [5.74, 6) is 0.685. The highest BCUT2D eigenvalue weighted by molar-refractivity contribution is 6.30. The van der Waals surface area contributed by atoms with Gasteiger partial charge in [0.15, 0.2) is 0 Å². The number of aromatic nitrogens is 1. The zero-order valence-electron chi connectivity index (χ0n) is 9.99. The summed E-state index contributed by atoms with van der Waals surface area (Å²) in [5, 5.41) is 10.9. The molecule has 0 amide bonds. The van der Waals surface area contributed by atoms with Crippen molar-refractivity contribution in [2.75, 3.05) is 7.11 Å². The molecule has 1 heterocycles. The highest BCUT2D eigenvalue weighted by Crippen LogP contribution is 2.32. The third-order valence-corrected chi connectivity index (χ3v) is 3.12. The Bertz CT molecular complexity index is 567. The zero-order valence-corrected chi connectivity index (χ0v) is 10.7. The highest BCUT2D eigenvalue weighted by atomic mass is 35.5. The van der Waals surface area contributed by atoms with Crippen molar-refractivity contribution in [1.29, 1.82) is 0 Å². The van der Waals surface area contributed by atoms with Crippen molar-refractivity contribution in [1.82, 2.24) is 4.98 Å². The molecule has 0 aliphatic rings. The molecule has 0 radical (unpaired) electrons. The van der Waals surface area contributed by atoms with Crippen LogP contribution in [-0.2, 0) is 0 Å². The molecule has 0 fully saturated rings. The van der Waals surface area contributed by atoms with E-state index in [0.717, 1.165) is 16.5 Å². The van der Waals surface area contributed by atoms with Crippen molar-refractivity contribution in [3.05, 3.63) is 34.5 Å². The summed E-state index contributed by atoms with van der Waals surface area (Å²) in [4.78, 5) is 4.31. The summed E-state index contributed by atoms with van der Waals surface area (Å²) >= 11 is 6.05. The van der Waals surface area contributed by atoms with Crippen molar-refractivity contribution < 1.29 is 9.84 Å². The van der Waals surface area contributed by atoms with E-state index < -0.39 is 6.10 Å². The molecule has 0 spiro atoms. The Morgan fingerprint density at radius 2 is 2.12 bits per heavy atom. The van der Waals surface area contributed by atoms with E-state index >= 15 is 0 Å². The number of fused-ring (bicyclic) bond motifs is 1. The number of halogens is 1. The summed E-state index contributed by atoms with van der Waals surface area (Å²) in [6.45, 7) is 3.66. The Morgan fingerprint density at radius 1 is 1.41 bits per heavy atom. The van der Waals surface area contributed by atoms with Crippen LogP contribution in [0.5, 0.6) is 5.75 Å². The molecule has 90 valence electrons. The summed E-state index contributed by atoms with van der Waals surface area (Å²) in [6.07, 6.45) is -0.634. The number of hydrogen-bond acceptors (Lipinski definition) is 3. The Labute approximate surface area is 105 Å². The van der Waals surface area contributed by atoms with Gasteiger partial charge in [-0.15, -0.1) is 0 Å². The third-order valence-electron chi connectivity index (χ3n) is 2.82. The van der Waals surface area contributed by atoms with Crippen LogP contribution in [0.15, 0.2) is 18.2 Å². The highest BCUT2D eigenvalue weighted by Gasteiger charge is 2.13. The average Bonchev–Trinajstić information content (AvgIpc) is 2.28. The van der Waals surface area contributed by atoms with Crippen molar-refractivity contribution in [3.63, 3.8) is 0 Å². The second kappa shape index (κ2) is 4.51. The van der Waals surface area contributed by atoms with Gasteiger partial charge in [-0.2, -0.15) is 0 Å². The topological polar surface area (TPSA) is 42.4 Å². The lowest BCUT2D eigenvalue weighted by molar-refractivity contribution is 0.199. The Kier molecular flexibility index (Phi) is 3.22. The quantitative estimate of drug-likeness (QED) is 0.833. The van der Waals surface area contributed by atoms with E-state index in [9.17, 15) is 5.11 Å². The minimum absolute atomic E-state index is 0.316. The van der Waals surface area contributed by atoms with Crippen molar-refractivity contribution >= 4 is 22.5 Å². The van der Waals surface area contributed by atoms with E-state index in [1.54, 1.807) is 14.0 Å². The van der Waals surface area contributed by atoms with E-state index in [1.807, 2.05) is 25.1 Å². The van der Waals surface area contributed by atoms with Crippen molar-refractivity contribution in [3.8, 4) is 5.75 Å². The molecule has 0 saturated heterocycles. The second-order valence-electron chi connectivity index (χ2n) is 4.03. The second-order valence-corrected chi connectivity index (χ2v) is 4.38. The van der Waals surface area contributed by atoms with Gasteiger partial charge in [-0.1, -0.05) is 17.7 Å². The van der Waals surface area contributed by atoms with Gasteiger partial charge in [-0.25, -0.2) is 4.98 Å². The van der Waals surface area contributed by atoms with Gasteiger partial charge >= 0.3 is 0 Å². The molecule has 1 aromatic carbocycles. The summed E-state index contributed by atoms with van der Waals surface area (Å²) in [7, 11) is 1.60. The fourth-order valence-electron chi connectivity index (χ4n) is 1.82. The Balaban J connectivity index is 2.81. The number of methoxy groups -OCH3 is 1. The largest absolute Gasteiger partial charge is 0.494 e. The van der Waals surface area contributed by atoms with Crippen LogP contribution in [0, 0.1) is 6.92 Å². The van der Waals surface area contributed by atoms with Gasteiger partial charge in [0.1, 0.15) is 16.4 Å². The first-order valence-corrected chi connectivity index (χ1v) is 5.74. The molecule has 0 saturated carbocycles. The maximum absolute atomic E-state index is 9.63. The van der Waals surface area contributed by atoms with Crippen LogP contribution in [0.2, 0.25) is 5.15 Å². The van der Waals surface area contributed by atoms with Crippen LogP contribution in [0.1, 0.15) is 24.2 Å². The molecule has 3 nitrogen and oxygen atoms in total. The fraction of sp³-hybridized carbons (Fsp3) is 0.308. The molecule has 1 N–H and O–H groups in total. The SMILES string of the molecule is COc1ccc(C)c2cc(C(C)O)c(Cl)nc12. The predicted molar refractivity (Wildman–Crippen MR) is 68.7 cm³/mol. The van der Waals surface area contributed by atoms with Gasteiger partial charge in [0, 0.05) is 10.9 Å². The van der Waals surface area contributed by atoms with E-state index in [2.05, 4.69) is 4.98 Å². The van der Waals surface area contributed by atoms with Crippen LogP contribution >= 0.6 is 11.6 Å². The number of rotatable bonds is 2. The number of aliphatic hydroxyl groups excluding tert-OH is 1. The molecular weight excluding hydrogens is 238 g/mol. The minimum atomic E-state index is -0.634. The Hall–Kier alpha value is -1.32. The number of ether oxygens (including phenoxy) is 1. The van der Waals surface area contributed by atoms with Gasteiger partial charge < -0.3 is 9.84 Å². The predicted octanol–water partition coefficient (Wildman–Crippen LogP) is 3.26. The molecule has 0 aliphatic heterocycles. The van der Waals surface area contributed by atoms with E-state index in [0.29, 0.717) is 16.5 Å². The maximum atomic E-state index is 9.63. The van der Waals surface area contributed by atoms with Crippen molar-refractivity contribution in [2.24, 2.45) is 0 Å². The molecular formula is C13H14ClNO2. The molecule has 1 atom stereocenters. The van der Waals surface area contributed by atoms with Crippen LogP contribution in [-0.4, -0.2) is 17.2 Å². The van der Waals surface area contributed by atoms with E-state index in [4.69, 9.17) is 16.3 Å². The molecule has 4 heteroatoms. The molecule has 0 aliphatic carbocycles. The van der Waals surface area contributed by atoms with Crippen LogP contribution in [0.4, 0.5) is 0 Å². The molecule has 2 rings (SSSR count). The number of nitrogens with zero attached hydrogens (tertiary/aromatic N) is 1. The van der Waals surface area contributed by atoms with Crippen LogP contribution < -0.4 is 4.74 Å². The number of benzene rings is 1. The molecule has 17 heavy (non-hydrogen) atoms. The lowest BCUT2D eigenvalue weighted by Crippen LogP contribution is -1.97. The van der Waals surface area contributed by atoms with Crippen LogP contribution in [0.3, 0.4) is 0 Å². The molecule has 1 unspecified atom stereocenters. The molecule has 1 aromatic heterocycles. The van der Waals surface area contributed by atoms with Gasteiger partial charge in [-0.05, 0) is 31.5 Å². The van der Waals surface area contributed by atoms with Gasteiger partial charge in [0.05, 0.1) is 13.2 Å². The van der Waals surface area contributed by atoms with Gasteiger partial charge in [-0.3, -0.25) is 0 Å². The monoisotopic (exact) mass is 251 g/mol. The summed E-state index contributed by atoms with van der Waals surface area (Å²) in [6, 6.07) is 5.69. The first kappa shape index (κ1) is 12.1. The standard InChI is InChI=1S/C13H14ClNO2/c1-7-4-5-11(17-3)12-9(7)6-10(8(2)16)13(14)15-12/h4-6,8,16H,1-3H3. The minimum Gasteiger partial charge on any atom is -0.494 e. The molecule has 2 aromatic rings. The zero-order chi connectivity index (χ0) is 12.6. The summed E-state index contributed by atoms with van der Waals surface area (Å²) < 4.78 is 5.25. The number of hydrogen-bond donors (Lipinski definition) is 1. The normalized spacial score (nSPS) is 12.8. The molecule has 0 bridgehead atoms. The van der Waals surface area contributed by atoms with Crippen LogP contribution in [0.25, 0.3) is 10.9 Å². The lowest BCUT2D eigenvalue weighted by atomic mass is 10.1. The first-order chi connectivity index (χ1) is 8.04. The Morgan fingerprint density at radius 3 is 2.71 bits per heavy atom. The van der Waals surface area contributed by atoms with Gasteiger partial charge in [0.2, 0.25) is 0 Å². The summed E-state index contributed by atoms with van der Waals surface area (Å²) in [5.41, 5.74) is 2.43. The fourth-order valence-corrected chi connectivity index (χ4v) is 2.12. The van der Waals surface area contributed by atoms with Gasteiger partial charge in [0.25, 0.3) is 0 Å². The maximum Gasteiger partial charge on any atom is 0.145 e. The van der Waals surface area contributed by atoms with Crippen molar-refractivity contribution in [2.45, 2.75) is 20.0 Å². The first-order valence-electron chi connectivity index (χ1n) is 5.36. The number of aliphatic hydroxyl groups is 1. The average molecular weight is 252 g/mol. The number of aryl methyl sites for hydroxylation is 1. The smallest absolute Gasteiger partial charge is 0.145 e. The lowest BCUT2D eigenvalue weighted by Gasteiger charge is -2.12. The van der Waals surface area contributed by atoms with E-state index in [1.165, 1.54) is 0 Å².